The lowest BCUT2D eigenvalue weighted by atomic mass is 9.93. The van der Waals surface area contributed by atoms with Crippen molar-refractivity contribution in [2.75, 3.05) is 13.6 Å². The lowest BCUT2D eigenvalue weighted by molar-refractivity contribution is 0.182. The molecule has 2 nitrogen and oxygen atoms in total. The highest BCUT2D eigenvalue weighted by Gasteiger charge is 2.20. The summed E-state index contributed by atoms with van der Waals surface area (Å²) < 4.78 is 0. The summed E-state index contributed by atoms with van der Waals surface area (Å²) in [5.74, 6) is 0. The van der Waals surface area contributed by atoms with Crippen molar-refractivity contribution >= 4 is 10.8 Å². The minimum atomic E-state index is 0.0861. The molecule has 1 unspecified atom stereocenters. The van der Waals surface area contributed by atoms with Crippen LogP contribution < -0.4 is 5.73 Å². The Kier molecular flexibility index (Phi) is 4.57. The van der Waals surface area contributed by atoms with Gasteiger partial charge in [-0.2, -0.15) is 0 Å². The Morgan fingerprint density at radius 1 is 1.05 bits per heavy atom. The molecule has 3 rings (SSSR count). The first kappa shape index (κ1) is 14.6. The summed E-state index contributed by atoms with van der Waals surface area (Å²) in [6.07, 6.45) is 6.81. The fraction of sp³-hybridized carbons (Fsp3) is 0.474. The smallest absolute Gasteiger partial charge is 0.0430 e. The highest BCUT2D eigenvalue weighted by molar-refractivity contribution is 5.86. The van der Waals surface area contributed by atoms with Crippen molar-refractivity contribution in [3.63, 3.8) is 0 Å². The second kappa shape index (κ2) is 6.59. The van der Waals surface area contributed by atoms with E-state index in [1.165, 1.54) is 48.4 Å². The van der Waals surface area contributed by atoms with E-state index in [4.69, 9.17) is 5.73 Å². The normalized spacial score (nSPS) is 18.2. The summed E-state index contributed by atoms with van der Waals surface area (Å²) in [5, 5.41) is 2.58. The average Bonchev–Trinajstić information content (AvgIpc) is 2.55. The molecule has 1 atom stereocenters. The maximum Gasteiger partial charge on any atom is 0.0430 e. The molecule has 0 aromatic heterocycles. The first-order chi connectivity index (χ1) is 10.3. The second-order valence-electron chi connectivity index (χ2n) is 6.41. The van der Waals surface area contributed by atoms with Crippen molar-refractivity contribution in [1.82, 2.24) is 4.90 Å². The van der Waals surface area contributed by atoms with E-state index in [2.05, 4.69) is 54.4 Å². The van der Waals surface area contributed by atoms with Crippen LogP contribution in [-0.2, 0) is 0 Å². The van der Waals surface area contributed by atoms with Gasteiger partial charge in [0, 0.05) is 18.6 Å². The van der Waals surface area contributed by atoms with Crippen molar-refractivity contribution in [3.8, 4) is 0 Å². The maximum atomic E-state index is 6.53. The summed E-state index contributed by atoms with van der Waals surface area (Å²) in [7, 11) is 2.24. The van der Waals surface area contributed by atoms with E-state index in [1.54, 1.807) is 0 Å². The van der Waals surface area contributed by atoms with Crippen molar-refractivity contribution in [1.29, 1.82) is 0 Å². The molecule has 1 saturated carbocycles. The number of fused-ring (bicyclic) bond motifs is 1. The molecule has 0 heterocycles. The molecule has 0 radical (unpaired) electrons. The molecule has 0 amide bonds. The standard InChI is InChI=1S/C19H26N2/c1-21(16-10-3-2-4-11-16)14-19(20)18-13-7-9-15-8-5-6-12-17(15)18/h5-9,12-13,16,19H,2-4,10-11,14,20H2,1H3. The van der Waals surface area contributed by atoms with Gasteiger partial charge in [-0.1, -0.05) is 61.7 Å². The van der Waals surface area contributed by atoms with Gasteiger partial charge in [-0.25, -0.2) is 0 Å². The van der Waals surface area contributed by atoms with Gasteiger partial charge in [-0.15, -0.1) is 0 Å². The fourth-order valence-electron chi connectivity index (χ4n) is 3.65. The average molecular weight is 282 g/mol. The minimum Gasteiger partial charge on any atom is -0.323 e. The minimum absolute atomic E-state index is 0.0861. The third-order valence-electron chi connectivity index (χ3n) is 4.91. The van der Waals surface area contributed by atoms with Crippen molar-refractivity contribution < 1.29 is 0 Å². The summed E-state index contributed by atoms with van der Waals surface area (Å²) in [6, 6.07) is 15.8. The lowest BCUT2D eigenvalue weighted by Gasteiger charge is -2.33. The van der Waals surface area contributed by atoms with E-state index >= 15 is 0 Å². The first-order valence-corrected chi connectivity index (χ1v) is 8.19. The Bertz CT molecular complexity index is 582. The zero-order valence-corrected chi connectivity index (χ0v) is 13.0. The number of likely N-dealkylation sites (N-methyl/N-ethyl adjacent to an activating group) is 1. The van der Waals surface area contributed by atoms with Crippen LogP contribution in [0, 0.1) is 0 Å². The molecule has 21 heavy (non-hydrogen) atoms. The zero-order chi connectivity index (χ0) is 14.7. The van der Waals surface area contributed by atoms with Crippen molar-refractivity contribution in [3.05, 3.63) is 48.0 Å². The van der Waals surface area contributed by atoms with Crippen LogP contribution in [0.5, 0.6) is 0 Å². The molecule has 2 aromatic carbocycles. The van der Waals surface area contributed by atoms with Crippen LogP contribution in [0.25, 0.3) is 10.8 Å². The number of nitrogens with two attached hydrogens (primary N) is 1. The summed E-state index contributed by atoms with van der Waals surface area (Å²) in [6.45, 7) is 0.943. The lowest BCUT2D eigenvalue weighted by Crippen LogP contribution is -2.38. The van der Waals surface area contributed by atoms with Crippen LogP contribution in [0.4, 0.5) is 0 Å². The predicted molar refractivity (Wildman–Crippen MR) is 90.4 cm³/mol. The molecule has 1 aliphatic carbocycles. The van der Waals surface area contributed by atoms with Gasteiger partial charge < -0.3 is 10.6 Å². The Morgan fingerprint density at radius 2 is 1.76 bits per heavy atom. The van der Waals surface area contributed by atoms with E-state index in [0.29, 0.717) is 0 Å². The van der Waals surface area contributed by atoms with Gasteiger partial charge in [0.05, 0.1) is 0 Å². The third kappa shape index (κ3) is 3.28. The third-order valence-corrected chi connectivity index (χ3v) is 4.91. The highest BCUT2D eigenvalue weighted by atomic mass is 15.1. The predicted octanol–water partition coefficient (Wildman–Crippen LogP) is 4.10. The topological polar surface area (TPSA) is 29.3 Å². The molecule has 0 bridgehead atoms. The maximum absolute atomic E-state index is 6.53. The number of hydrogen-bond donors (Lipinski definition) is 1. The van der Waals surface area contributed by atoms with Crippen LogP contribution in [0.1, 0.15) is 43.7 Å². The van der Waals surface area contributed by atoms with Crippen LogP contribution in [0.3, 0.4) is 0 Å². The molecule has 112 valence electrons. The van der Waals surface area contributed by atoms with Crippen LogP contribution in [0.15, 0.2) is 42.5 Å². The quantitative estimate of drug-likeness (QED) is 0.914. The molecule has 1 fully saturated rings. The van der Waals surface area contributed by atoms with Crippen LogP contribution in [0.2, 0.25) is 0 Å². The highest BCUT2D eigenvalue weighted by Crippen LogP contribution is 2.26. The van der Waals surface area contributed by atoms with E-state index < -0.39 is 0 Å². The van der Waals surface area contributed by atoms with Gasteiger partial charge in [-0.05, 0) is 36.2 Å². The van der Waals surface area contributed by atoms with E-state index in [-0.39, 0.29) is 6.04 Å². The van der Waals surface area contributed by atoms with Crippen molar-refractivity contribution in [2.45, 2.75) is 44.2 Å². The first-order valence-electron chi connectivity index (χ1n) is 8.19. The molecule has 0 saturated heterocycles. The summed E-state index contributed by atoms with van der Waals surface area (Å²) in [5.41, 5.74) is 7.80. The molecular formula is C19H26N2. The molecule has 2 heteroatoms. The van der Waals surface area contributed by atoms with Crippen LogP contribution in [-0.4, -0.2) is 24.5 Å². The Morgan fingerprint density at radius 3 is 2.57 bits per heavy atom. The summed E-state index contributed by atoms with van der Waals surface area (Å²) in [4.78, 5) is 2.48. The molecule has 2 aromatic rings. The molecular weight excluding hydrogens is 256 g/mol. The van der Waals surface area contributed by atoms with Gasteiger partial charge >= 0.3 is 0 Å². The Balaban J connectivity index is 1.75. The van der Waals surface area contributed by atoms with Gasteiger partial charge in [0.25, 0.3) is 0 Å². The monoisotopic (exact) mass is 282 g/mol. The fourth-order valence-corrected chi connectivity index (χ4v) is 3.65. The number of nitrogens with zero attached hydrogens (tertiary/aromatic N) is 1. The number of benzene rings is 2. The summed E-state index contributed by atoms with van der Waals surface area (Å²) >= 11 is 0. The van der Waals surface area contributed by atoms with E-state index in [9.17, 15) is 0 Å². The molecule has 1 aliphatic rings. The van der Waals surface area contributed by atoms with E-state index in [0.717, 1.165) is 12.6 Å². The molecule has 0 aliphatic heterocycles. The van der Waals surface area contributed by atoms with E-state index in [1.807, 2.05) is 0 Å². The Hall–Kier alpha value is -1.38. The second-order valence-corrected chi connectivity index (χ2v) is 6.41. The molecule has 2 N–H and O–H groups in total. The van der Waals surface area contributed by atoms with Gasteiger partial charge in [0.1, 0.15) is 0 Å². The van der Waals surface area contributed by atoms with Gasteiger partial charge in [-0.3, -0.25) is 0 Å². The zero-order valence-electron chi connectivity index (χ0n) is 13.0. The van der Waals surface area contributed by atoms with Crippen LogP contribution >= 0.6 is 0 Å². The number of hydrogen-bond acceptors (Lipinski definition) is 2. The largest absolute Gasteiger partial charge is 0.323 e. The van der Waals surface area contributed by atoms with Crippen molar-refractivity contribution in [2.24, 2.45) is 5.73 Å². The number of rotatable bonds is 4. The van der Waals surface area contributed by atoms with Gasteiger partial charge in [0.15, 0.2) is 0 Å². The molecule has 0 spiro atoms. The Labute approximate surface area is 127 Å². The SMILES string of the molecule is CN(CC(N)c1cccc2ccccc12)C1CCCCC1. The van der Waals surface area contributed by atoms with Gasteiger partial charge in [0.2, 0.25) is 0 Å².